The summed E-state index contributed by atoms with van der Waals surface area (Å²) < 4.78 is 13.0. The van der Waals surface area contributed by atoms with E-state index in [2.05, 4.69) is 10.2 Å². The second-order valence-corrected chi connectivity index (χ2v) is 16.4. The standard InChI is InChI=1S/C42H49N5O5/c1-41(2,3)36-24-37(47(44-36)40(50)43-42-25-28-21-29(26-42)23-30(22-28)27-42)46(31-9-5-4-6-10-31)39(49)38(48)34-13-14-35(33-12-8-7-11-32(33)34)52-20-17-45-15-18-51-19-16-45/h4-14,24,28-30H,15-23,25-27H2,1-3H3,(H,43,50). The maximum absolute atomic E-state index is 14.7. The lowest BCUT2D eigenvalue weighted by molar-refractivity contribution is -0.114. The molecule has 10 heteroatoms. The van der Waals surface area contributed by atoms with Crippen LogP contribution in [-0.2, 0) is 14.9 Å². The van der Waals surface area contributed by atoms with Crippen molar-refractivity contribution in [1.29, 1.82) is 0 Å². The second kappa shape index (κ2) is 13.8. The van der Waals surface area contributed by atoms with Gasteiger partial charge in [0.05, 0.1) is 24.6 Å². The molecule has 5 fully saturated rings. The van der Waals surface area contributed by atoms with Gasteiger partial charge in [-0.1, -0.05) is 63.2 Å². The average Bonchev–Trinajstić information content (AvgIpc) is 3.58. The third kappa shape index (κ3) is 6.74. The van der Waals surface area contributed by atoms with E-state index in [0.29, 0.717) is 46.9 Å². The number of hydrogen-bond donors (Lipinski definition) is 1. The molecule has 0 spiro atoms. The highest BCUT2D eigenvalue weighted by atomic mass is 16.5. The molecule has 1 aromatic heterocycles. The van der Waals surface area contributed by atoms with Gasteiger partial charge in [0.2, 0.25) is 0 Å². The van der Waals surface area contributed by atoms with Gasteiger partial charge in [-0.25, -0.2) is 4.79 Å². The Kier molecular flexibility index (Phi) is 9.16. The molecule has 2 amide bonds. The first-order valence-corrected chi connectivity index (χ1v) is 18.9. The van der Waals surface area contributed by atoms with Gasteiger partial charge in [0, 0.05) is 47.6 Å². The van der Waals surface area contributed by atoms with Crippen LogP contribution in [0.3, 0.4) is 0 Å². The number of fused-ring (bicyclic) bond motifs is 1. The van der Waals surface area contributed by atoms with Crippen molar-refractivity contribution in [3.8, 4) is 5.75 Å². The summed E-state index contributed by atoms with van der Waals surface area (Å²) in [6.07, 6.45) is 6.70. The number of ketones is 1. The summed E-state index contributed by atoms with van der Waals surface area (Å²) >= 11 is 0. The van der Waals surface area contributed by atoms with Crippen molar-refractivity contribution < 1.29 is 23.9 Å². The van der Waals surface area contributed by atoms with E-state index in [1.54, 1.807) is 30.3 Å². The predicted molar refractivity (Wildman–Crippen MR) is 200 cm³/mol. The Morgan fingerprint density at radius 2 is 1.52 bits per heavy atom. The minimum Gasteiger partial charge on any atom is -0.492 e. The zero-order valence-electron chi connectivity index (χ0n) is 30.5. The zero-order valence-corrected chi connectivity index (χ0v) is 30.5. The predicted octanol–water partition coefficient (Wildman–Crippen LogP) is 7.12. The van der Waals surface area contributed by atoms with Crippen LogP contribution in [0.2, 0.25) is 0 Å². The number of amides is 2. The lowest BCUT2D eigenvalue weighted by atomic mass is 9.53. The number of rotatable bonds is 9. The molecule has 2 heterocycles. The number of carbonyl (C=O) groups excluding carboxylic acids is 3. The van der Waals surface area contributed by atoms with E-state index >= 15 is 0 Å². The summed E-state index contributed by atoms with van der Waals surface area (Å²) in [6.45, 7) is 10.5. The highest BCUT2D eigenvalue weighted by molar-refractivity contribution is 6.50. The number of Topliss-reactive ketones (excluding diaryl/α,β-unsaturated/α-hetero) is 1. The van der Waals surface area contributed by atoms with Crippen LogP contribution < -0.4 is 15.0 Å². The minimum absolute atomic E-state index is 0.240. The molecule has 1 aliphatic heterocycles. The van der Waals surface area contributed by atoms with Crippen LogP contribution in [-0.4, -0.2) is 77.4 Å². The molecule has 0 unspecified atom stereocenters. The number of aromatic nitrogens is 2. The Bertz CT molecular complexity index is 1940. The van der Waals surface area contributed by atoms with Gasteiger partial charge in [0.15, 0.2) is 0 Å². The maximum Gasteiger partial charge on any atom is 0.344 e. The smallest absolute Gasteiger partial charge is 0.344 e. The summed E-state index contributed by atoms with van der Waals surface area (Å²) in [5.74, 6) is 1.36. The number of nitrogens with one attached hydrogen (secondary N) is 1. The van der Waals surface area contributed by atoms with Crippen molar-refractivity contribution >= 4 is 40.0 Å². The molecule has 4 aromatic rings. The van der Waals surface area contributed by atoms with Gasteiger partial charge in [0.1, 0.15) is 18.2 Å². The lowest BCUT2D eigenvalue weighted by Crippen LogP contribution is -2.60. The minimum atomic E-state index is -0.776. The third-order valence-corrected chi connectivity index (χ3v) is 11.6. The van der Waals surface area contributed by atoms with Crippen molar-refractivity contribution in [3.05, 3.63) is 84.1 Å². The van der Waals surface area contributed by atoms with Crippen LogP contribution in [0.1, 0.15) is 75.3 Å². The molecular formula is C42H49N5O5. The Hall–Kier alpha value is -4.54. The first-order chi connectivity index (χ1) is 25.1. The van der Waals surface area contributed by atoms with E-state index in [9.17, 15) is 14.4 Å². The molecule has 272 valence electrons. The van der Waals surface area contributed by atoms with Gasteiger partial charge in [-0.2, -0.15) is 9.78 Å². The fourth-order valence-corrected chi connectivity index (χ4v) is 9.44. The summed E-state index contributed by atoms with van der Waals surface area (Å²) in [7, 11) is 0. The summed E-state index contributed by atoms with van der Waals surface area (Å²) in [5, 5.41) is 9.65. The Labute approximate surface area is 305 Å². The Morgan fingerprint density at radius 1 is 0.885 bits per heavy atom. The largest absolute Gasteiger partial charge is 0.492 e. The Balaban J connectivity index is 1.13. The maximum atomic E-state index is 14.7. The van der Waals surface area contributed by atoms with Gasteiger partial charge >= 0.3 is 11.9 Å². The van der Waals surface area contributed by atoms with E-state index in [4.69, 9.17) is 14.6 Å². The molecule has 9 rings (SSSR count). The third-order valence-electron chi connectivity index (χ3n) is 11.6. The van der Waals surface area contributed by atoms with Crippen LogP contribution >= 0.6 is 0 Å². The number of benzene rings is 3. The van der Waals surface area contributed by atoms with Gasteiger partial charge < -0.3 is 14.8 Å². The molecule has 0 atom stereocenters. The number of morpholine rings is 1. The number of anilines is 2. The quantitative estimate of drug-likeness (QED) is 0.146. The first kappa shape index (κ1) is 34.5. The van der Waals surface area contributed by atoms with E-state index in [1.165, 1.54) is 28.8 Å². The number of ether oxygens (including phenoxy) is 2. The Morgan fingerprint density at radius 3 is 2.17 bits per heavy atom. The average molecular weight is 704 g/mol. The number of carbonyl (C=O) groups is 3. The van der Waals surface area contributed by atoms with E-state index < -0.39 is 17.1 Å². The molecule has 0 radical (unpaired) electrons. The molecule has 10 nitrogen and oxygen atoms in total. The number of nitrogens with zero attached hydrogens (tertiary/aromatic N) is 4. The molecule has 1 N–H and O–H groups in total. The van der Waals surface area contributed by atoms with Gasteiger partial charge in [-0.3, -0.25) is 19.4 Å². The van der Waals surface area contributed by atoms with Gasteiger partial charge in [0.25, 0.3) is 5.78 Å². The summed E-state index contributed by atoms with van der Waals surface area (Å²) in [5.41, 5.74) is 0.691. The molecule has 5 aliphatic rings. The monoisotopic (exact) mass is 703 g/mol. The van der Waals surface area contributed by atoms with Crippen LogP contribution in [0.5, 0.6) is 5.75 Å². The van der Waals surface area contributed by atoms with Crippen LogP contribution in [0.4, 0.5) is 16.3 Å². The molecule has 4 aliphatic carbocycles. The van der Waals surface area contributed by atoms with Crippen LogP contribution in [0.15, 0.2) is 72.8 Å². The van der Waals surface area contributed by atoms with Gasteiger partial charge in [-0.05, 0) is 85.9 Å². The lowest BCUT2D eigenvalue weighted by Gasteiger charge is -2.56. The van der Waals surface area contributed by atoms with E-state index in [-0.39, 0.29) is 23.0 Å². The highest BCUT2D eigenvalue weighted by Crippen LogP contribution is 2.55. The van der Waals surface area contributed by atoms with Gasteiger partial charge in [-0.15, -0.1) is 0 Å². The van der Waals surface area contributed by atoms with E-state index in [1.807, 2.05) is 63.2 Å². The SMILES string of the molecule is CC(C)(C)c1cc(N(C(=O)C(=O)c2ccc(OCCN3CCOCC3)c3ccccc23)c2ccccc2)n(C(=O)NC23CC4CC(CC(C4)C2)C3)n1. The fraction of sp³-hybridized carbons (Fsp3) is 0.476. The molecule has 1 saturated heterocycles. The van der Waals surface area contributed by atoms with Crippen LogP contribution in [0.25, 0.3) is 10.8 Å². The van der Waals surface area contributed by atoms with Crippen molar-refractivity contribution in [1.82, 2.24) is 20.0 Å². The number of hydrogen-bond acceptors (Lipinski definition) is 7. The molecular weight excluding hydrogens is 654 g/mol. The van der Waals surface area contributed by atoms with Crippen molar-refractivity contribution in [2.75, 3.05) is 44.4 Å². The summed E-state index contributed by atoms with van der Waals surface area (Å²) in [6, 6.07) is 21.4. The zero-order chi connectivity index (χ0) is 36.0. The second-order valence-electron chi connectivity index (χ2n) is 16.4. The summed E-state index contributed by atoms with van der Waals surface area (Å²) in [4.78, 5) is 47.3. The molecule has 4 bridgehead atoms. The van der Waals surface area contributed by atoms with Crippen molar-refractivity contribution in [2.24, 2.45) is 17.8 Å². The molecule has 52 heavy (non-hydrogen) atoms. The topological polar surface area (TPSA) is 106 Å². The number of para-hydroxylation sites is 1. The fourth-order valence-electron chi connectivity index (χ4n) is 9.44. The van der Waals surface area contributed by atoms with Crippen LogP contribution in [0, 0.1) is 17.8 Å². The van der Waals surface area contributed by atoms with Crippen molar-refractivity contribution in [3.63, 3.8) is 0 Å². The first-order valence-electron chi connectivity index (χ1n) is 18.9. The normalized spacial score (nSPS) is 24.2. The molecule has 3 aromatic carbocycles. The van der Waals surface area contributed by atoms with E-state index in [0.717, 1.165) is 57.5 Å². The van der Waals surface area contributed by atoms with Crippen molar-refractivity contribution in [2.45, 2.75) is 70.3 Å². The highest BCUT2D eigenvalue weighted by Gasteiger charge is 2.52. The molecule has 4 saturated carbocycles.